The first-order valence-electron chi connectivity index (χ1n) is 4.58. The summed E-state index contributed by atoms with van der Waals surface area (Å²) in [7, 11) is 0. The molecule has 0 aromatic heterocycles. The number of aliphatic hydroxyl groups is 1. The lowest BCUT2D eigenvalue weighted by atomic mass is 10.3. The van der Waals surface area contributed by atoms with Gasteiger partial charge in [0.2, 0.25) is 5.91 Å². The van der Waals surface area contributed by atoms with E-state index in [9.17, 15) is 14.4 Å². The van der Waals surface area contributed by atoms with Crippen molar-refractivity contribution in [3.05, 3.63) is 0 Å². The number of carboxylic acid groups (broad SMARTS) is 1. The molecule has 2 amide bonds. The second-order valence-corrected chi connectivity index (χ2v) is 2.99. The second-order valence-electron chi connectivity index (χ2n) is 2.99. The molecule has 1 aliphatic heterocycles. The number of aliphatic hydroxyl groups excluding tert-OH is 1. The van der Waals surface area contributed by atoms with Crippen LogP contribution >= 0.6 is 0 Å². The second kappa shape index (κ2) is 7.44. The molecule has 1 unspecified atom stereocenters. The Balaban J connectivity index is 0.000000437. The van der Waals surface area contributed by atoms with E-state index in [1.807, 2.05) is 0 Å². The maximum Gasteiger partial charge on any atom is 0.317 e. The van der Waals surface area contributed by atoms with Crippen molar-refractivity contribution >= 4 is 24.1 Å². The Morgan fingerprint density at radius 3 is 2.41 bits per heavy atom. The Bertz CT molecular complexity index is 330. The number of rotatable bonds is 3. The largest absolute Gasteiger partial charge is 0.480 e. The van der Waals surface area contributed by atoms with Crippen molar-refractivity contribution in [3.8, 4) is 0 Å². The number of nitrogens with zero attached hydrogens (tertiary/aromatic N) is 2. The van der Waals surface area contributed by atoms with Crippen LogP contribution in [0.25, 0.3) is 0 Å². The summed E-state index contributed by atoms with van der Waals surface area (Å²) in [5.41, 5.74) is 9.80. The predicted molar refractivity (Wildman–Crippen MR) is 57.0 cm³/mol. The van der Waals surface area contributed by atoms with E-state index in [-0.39, 0.29) is 19.0 Å². The molecule has 1 aliphatic rings. The Morgan fingerprint density at radius 2 is 2.12 bits per heavy atom. The summed E-state index contributed by atoms with van der Waals surface area (Å²) in [6.07, 6.45) is 1.13. The zero-order chi connectivity index (χ0) is 13.4. The molecule has 17 heavy (non-hydrogen) atoms. The fourth-order valence-corrected chi connectivity index (χ4v) is 0.787. The Kier molecular flexibility index (Phi) is 6.63. The number of carbonyl (C=O) groups excluding carboxylic acids is 2. The Hall–Kier alpha value is -1.84. The number of nitrogens with two attached hydrogens (primary N) is 2. The molecule has 1 atom stereocenters. The molecular weight excluding hydrogens is 232 g/mol. The maximum atomic E-state index is 11.1. The number of aliphatic imine (C=N–C) groups is 1. The van der Waals surface area contributed by atoms with E-state index in [0.717, 1.165) is 11.2 Å². The first kappa shape index (κ1) is 15.2. The fraction of sp³-hybridized carbons (Fsp3) is 0.500. The van der Waals surface area contributed by atoms with E-state index in [1.54, 1.807) is 0 Å². The van der Waals surface area contributed by atoms with Crippen LogP contribution in [0.2, 0.25) is 0 Å². The third kappa shape index (κ3) is 5.70. The summed E-state index contributed by atoms with van der Waals surface area (Å²) in [5, 5.41) is 16.1. The highest BCUT2D eigenvalue weighted by Gasteiger charge is 2.24. The normalized spacial score (nSPS) is 15.2. The maximum absolute atomic E-state index is 11.1. The van der Waals surface area contributed by atoms with Crippen LogP contribution in [0, 0.1) is 0 Å². The highest BCUT2D eigenvalue weighted by Crippen LogP contribution is 1.97. The minimum atomic E-state index is -0.970. The molecule has 0 fully saturated rings. The lowest BCUT2D eigenvalue weighted by Gasteiger charge is -2.14. The molecule has 0 bridgehead atoms. The van der Waals surface area contributed by atoms with Gasteiger partial charge >= 0.3 is 5.97 Å². The Morgan fingerprint density at radius 1 is 1.59 bits per heavy atom. The van der Waals surface area contributed by atoms with Crippen LogP contribution in [0.4, 0.5) is 0 Å². The van der Waals surface area contributed by atoms with Gasteiger partial charge < -0.3 is 21.7 Å². The number of hydrogen-bond donors (Lipinski definition) is 4. The summed E-state index contributed by atoms with van der Waals surface area (Å²) >= 11 is 0. The van der Waals surface area contributed by atoms with Gasteiger partial charge in [-0.05, 0) is 0 Å². The van der Waals surface area contributed by atoms with E-state index >= 15 is 0 Å². The third-order valence-electron chi connectivity index (χ3n) is 1.62. The number of aliphatic carboxylic acids is 1. The van der Waals surface area contributed by atoms with Gasteiger partial charge in [0.05, 0.1) is 13.2 Å². The van der Waals surface area contributed by atoms with Crippen LogP contribution in [0.15, 0.2) is 4.99 Å². The molecule has 1 rings (SSSR count). The first-order chi connectivity index (χ1) is 7.92. The fourth-order valence-electron chi connectivity index (χ4n) is 0.787. The van der Waals surface area contributed by atoms with Gasteiger partial charge in [-0.3, -0.25) is 19.3 Å². The smallest absolute Gasteiger partial charge is 0.317 e. The van der Waals surface area contributed by atoms with Crippen molar-refractivity contribution in [2.24, 2.45) is 16.5 Å². The van der Waals surface area contributed by atoms with Gasteiger partial charge in [-0.15, -0.1) is 0 Å². The monoisotopic (exact) mass is 246 g/mol. The Labute approximate surface area is 96.7 Å². The summed E-state index contributed by atoms with van der Waals surface area (Å²) < 4.78 is 0. The lowest BCUT2D eigenvalue weighted by molar-refractivity contribution is -0.135. The molecule has 0 saturated heterocycles. The molecule has 1 heterocycles. The van der Waals surface area contributed by atoms with Gasteiger partial charge in [-0.1, -0.05) is 0 Å². The average molecular weight is 246 g/mol. The van der Waals surface area contributed by atoms with Gasteiger partial charge in [0.15, 0.2) is 0 Å². The molecular formula is C8H14N4O5. The highest BCUT2D eigenvalue weighted by atomic mass is 16.4. The average Bonchev–Trinajstić information content (AvgIpc) is 2.74. The molecule has 96 valence electrons. The summed E-state index contributed by atoms with van der Waals surface area (Å²) in [6.45, 7) is -0.788. The molecule has 6 N–H and O–H groups in total. The SMILES string of the molecule is NC(CO)C(=O)N1C=NC(=O)C1.NCC(=O)O. The standard InChI is InChI=1S/C6H9N3O3.C2H5NO2/c7-4(2-10)6(12)9-1-5(11)8-3-9;3-1-2(4)5/h3-4,10H,1-2,7H2;1,3H2,(H,4,5). The minimum absolute atomic E-state index is 0.0769. The summed E-state index contributed by atoms with van der Waals surface area (Å²) in [6, 6.07) is -0.970. The number of amides is 2. The van der Waals surface area contributed by atoms with Crippen LogP contribution < -0.4 is 11.5 Å². The van der Waals surface area contributed by atoms with Crippen molar-refractivity contribution in [2.75, 3.05) is 19.7 Å². The summed E-state index contributed by atoms with van der Waals surface area (Å²) in [4.78, 5) is 35.4. The van der Waals surface area contributed by atoms with Gasteiger partial charge in [-0.2, -0.15) is 0 Å². The zero-order valence-corrected chi connectivity index (χ0v) is 8.94. The molecule has 9 heteroatoms. The van der Waals surface area contributed by atoms with Crippen molar-refractivity contribution in [1.29, 1.82) is 0 Å². The van der Waals surface area contributed by atoms with Crippen molar-refractivity contribution < 1.29 is 24.6 Å². The van der Waals surface area contributed by atoms with E-state index in [2.05, 4.69) is 10.7 Å². The molecule has 0 aromatic carbocycles. The van der Waals surface area contributed by atoms with Crippen molar-refractivity contribution in [3.63, 3.8) is 0 Å². The topological polar surface area (TPSA) is 159 Å². The van der Waals surface area contributed by atoms with Crippen LogP contribution in [0.1, 0.15) is 0 Å². The molecule has 9 nitrogen and oxygen atoms in total. The zero-order valence-electron chi connectivity index (χ0n) is 8.94. The van der Waals surface area contributed by atoms with E-state index in [1.165, 1.54) is 0 Å². The van der Waals surface area contributed by atoms with Gasteiger partial charge in [0.25, 0.3) is 5.91 Å². The van der Waals surface area contributed by atoms with Crippen LogP contribution in [0.5, 0.6) is 0 Å². The predicted octanol–water partition coefficient (Wildman–Crippen LogP) is -3.27. The number of carbonyl (C=O) groups is 3. The first-order valence-corrected chi connectivity index (χ1v) is 4.58. The van der Waals surface area contributed by atoms with Crippen molar-refractivity contribution in [2.45, 2.75) is 6.04 Å². The molecule has 0 saturated carbocycles. The minimum Gasteiger partial charge on any atom is -0.480 e. The van der Waals surface area contributed by atoms with Crippen LogP contribution in [-0.2, 0) is 14.4 Å². The summed E-state index contributed by atoms with van der Waals surface area (Å²) in [5.74, 6) is -1.84. The van der Waals surface area contributed by atoms with Crippen molar-refractivity contribution in [1.82, 2.24) is 4.90 Å². The van der Waals surface area contributed by atoms with Crippen LogP contribution in [0.3, 0.4) is 0 Å². The van der Waals surface area contributed by atoms with Gasteiger partial charge in [0.1, 0.15) is 18.9 Å². The molecule has 0 aromatic rings. The molecule has 0 spiro atoms. The quantitative estimate of drug-likeness (QED) is 0.406. The van der Waals surface area contributed by atoms with E-state index < -0.39 is 24.5 Å². The lowest BCUT2D eigenvalue weighted by Crippen LogP contribution is -2.44. The number of hydrogen-bond acceptors (Lipinski definition) is 6. The van der Waals surface area contributed by atoms with E-state index in [0.29, 0.717) is 0 Å². The van der Waals surface area contributed by atoms with Gasteiger partial charge in [0, 0.05) is 0 Å². The number of carboxylic acids is 1. The highest BCUT2D eigenvalue weighted by molar-refractivity contribution is 6.02. The molecule has 0 radical (unpaired) electrons. The molecule has 0 aliphatic carbocycles. The van der Waals surface area contributed by atoms with E-state index in [4.69, 9.17) is 15.9 Å². The third-order valence-corrected chi connectivity index (χ3v) is 1.62. The van der Waals surface area contributed by atoms with Gasteiger partial charge in [-0.25, -0.2) is 4.99 Å². The van der Waals surface area contributed by atoms with Crippen LogP contribution in [-0.4, -0.2) is 65.0 Å².